The van der Waals surface area contributed by atoms with Gasteiger partial charge in [0.15, 0.2) is 5.96 Å². The van der Waals surface area contributed by atoms with Crippen LogP contribution in [0.1, 0.15) is 31.9 Å². The van der Waals surface area contributed by atoms with Crippen molar-refractivity contribution in [2.75, 3.05) is 32.7 Å². The Kier molecular flexibility index (Phi) is 7.11. The minimum Gasteiger partial charge on any atom is -0.357 e. The van der Waals surface area contributed by atoms with E-state index in [9.17, 15) is 13.2 Å². The molecule has 1 aromatic carbocycles. The van der Waals surface area contributed by atoms with Gasteiger partial charge in [0, 0.05) is 19.6 Å². The minimum absolute atomic E-state index is 0.101. The van der Waals surface area contributed by atoms with Crippen molar-refractivity contribution in [2.45, 2.75) is 32.5 Å². The predicted molar refractivity (Wildman–Crippen MR) is 94.6 cm³/mol. The summed E-state index contributed by atoms with van der Waals surface area (Å²) in [7, 11) is 0. The molecule has 1 aliphatic heterocycles. The third-order valence-electron chi connectivity index (χ3n) is 4.28. The molecule has 2 rings (SSSR count). The summed E-state index contributed by atoms with van der Waals surface area (Å²) >= 11 is 0. The van der Waals surface area contributed by atoms with Gasteiger partial charge in [-0.2, -0.15) is 13.2 Å². The van der Waals surface area contributed by atoms with Crippen molar-refractivity contribution in [3.05, 3.63) is 35.9 Å². The Labute approximate surface area is 147 Å². The van der Waals surface area contributed by atoms with Gasteiger partial charge in [0.1, 0.15) is 0 Å². The zero-order valence-corrected chi connectivity index (χ0v) is 14.8. The van der Waals surface area contributed by atoms with Gasteiger partial charge in [0.25, 0.3) is 0 Å². The molecular weight excluding hydrogens is 329 g/mol. The molecule has 4 nitrogen and oxygen atoms in total. The normalized spacial score (nSPS) is 20.5. The van der Waals surface area contributed by atoms with E-state index < -0.39 is 12.7 Å². The van der Waals surface area contributed by atoms with Gasteiger partial charge in [0.05, 0.1) is 12.6 Å². The maximum Gasteiger partial charge on any atom is 0.401 e. The second kappa shape index (κ2) is 9.08. The van der Waals surface area contributed by atoms with Crippen LogP contribution in [0, 0.1) is 5.92 Å². The third kappa shape index (κ3) is 6.94. The maximum absolute atomic E-state index is 12.5. The molecule has 2 N–H and O–H groups in total. The van der Waals surface area contributed by atoms with Crippen molar-refractivity contribution in [1.29, 1.82) is 0 Å². The minimum atomic E-state index is -4.13. The van der Waals surface area contributed by atoms with E-state index in [-0.39, 0.29) is 12.0 Å². The number of benzene rings is 1. The number of hydrogen-bond acceptors (Lipinski definition) is 2. The summed E-state index contributed by atoms with van der Waals surface area (Å²) in [6.07, 6.45) is -3.37. The molecule has 0 spiro atoms. The highest BCUT2D eigenvalue weighted by atomic mass is 19.4. The predicted octanol–water partition coefficient (Wildman–Crippen LogP) is 3.19. The van der Waals surface area contributed by atoms with E-state index >= 15 is 0 Å². The second-order valence-corrected chi connectivity index (χ2v) is 6.50. The van der Waals surface area contributed by atoms with Gasteiger partial charge in [-0.05, 0) is 38.3 Å². The van der Waals surface area contributed by atoms with E-state index in [0.29, 0.717) is 25.6 Å². The standard InChI is InChI=1S/C18H27F3N4/c1-3-22-17(24-14(2)16-7-5-4-6-8-16)23-11-15-9-10-25(12-15)13-18(19,20)21/h4-8,14-15H,3,9-13H2,1-2H3,(H2,22,23,24). The van der Waals surface area contributed by atoms with Gasteiger partial charge in [-0.3, -0.25) is 9.89 Å². The number of guanidine groups is 1. The molecule has 2 unspecified atom stereocenters. The Balaban J connectivity index is 1.87. The van der Waals surface area contributed by atoms with E-state index in [2.05, 4.69) is 22.5 Å². The van der Waals surface area contributed by atoms with E-state index in [4.69, 9.17) is 0 Å². The molecule has 0 aliphatic carbocycles. The zero-order chi connectivity index (χ0) is 18.3. The van der Waals surface area contributed by atoms with Crippen LogP contribution in [-0.4, -0.2) is 49.8 Å². The van der Waals surface area contributed by atoms with Crippen LogP contribution in [-0.2, 0) is 0 Å². The first kappa shape index (κ1) is 19.6. The van der Waals surface area contributed by atoms with Gasteiger partial charge in [-0.1, -0.05) is 30.3 Å². The van der Waals surface area contributed by atoms with Gasteiger partial charge in [-0.15, -0.1) is 0 Å². The first-order chi connectivity index (χ1) is 11.9. The number of nitrogens with zero attached hydrogens (tertiary/aromatic N) is 2. The van der Waals surface area contributed by atoms with E-state index in [1.165, 1.54) is 4.90 Å². The molecule has 0 saturated carbocycles. The van der Waals surface area contributed by atoms with Crippen molar-refractivity contribution >= 4 is 5.96 Å². The molecule has 0 amide bonds. The number of aliphatic imine (C=N–C) groups is 1. The van der Waals surface area contributed by atoms with Gasteiger partial charge < -0.3 is 10.6 Å². The Bertz CT molecular complexity index is 545. The fourth-order valence-corrected chi connectivity index (χ4v) is 3.03. The number of halogens is 3. The van der Waals surface area contributed by atoms with Crippen molar-refractivity contribution in [3.63, 3.8) is 0 Å². The van der Waals surface area contributed by atoms with Crippen LogP contribution < -0.4 is 10.6 Å². The average Bonchev–Trinajstić information content (AvgIpc) is 2.99. The number of nitrogens with one attached hydrogen (secondary N) is 2. The molecule has 1 fully saturated rings. The first-order valence-corrected chi connectivity index (χ1v) is 8.76. The molecule has 1 aromatic rings. The third-order valence-corrected chi connectivity index (χ3v) is 4.28. The average molecular weight is 356 g/mol. The van der Waals surface area contributed by atoms with Crippen LogP contribution in [0.2, 0.25) is 0 Å². The Hall–Kier alpha value is -1.76. The number of hydrogen-bond donors (Lipinski definition) is 2. The topological polar surface area (TPSA) is 39.7 Å². The molecule has 0 aromatic heterocycles. The van der Waals surface area contributed by atoms with Gasteiger partial charge in [-0.25, -0.2) is 0 Å². The van der Waals surface area contributed by atoms with Crippen LogP contribution in [0.3, 0.4) is 0 Å². The summed E-state index contributed by atoms with van der Waals surface area (Å²) < 4.78 is 37.4. The molecule has 25 heavy (non-hydrogen) atoms. The zero-order valence-electron chi connectivity index (χ0n) is 14.8. The number of alkyl halides is 3. The first-order valence-electron chi connectivity index (χ1n) is 8.76. The summed E-state index contributed by atoms with van der Waals surface area (Å²) in [5.74, 6) is 0.873. The summed E-state index contributed by atoms with van der Waals surface area (Å²) in [6, 6.07) is 10.2. The Morgan fingerprint density at radius 3 is 2.68 bits per heavy atom. The lowest BCUT2D eigenvalue weighted by molar-refractivity contribution is -0.143. The van der Waals surface area contributed by atoms with Crippen LogP contribution in [0.4, 0.5) is 13.2 Å². The smallest absolute Gasteiger partial charge is 0.357 e. The van der Waals surface area contributed by atoms with Gasteiger partial charge in [0.2, 0.25) is 0 Å². The molecular formula is C18H27F3N4. The highest BCUT2D eigenvalue weighted by Crippen LogP contribution is 2.22. The quantitative estimate of drug-likeness (QED) is 0.607. The molecule has 7 heteroatoms. The lowest BCUT2D eigenvalue weighted by Gasteiger charge is -2.19. The number of rotatable bonds is 6. The maximum atomic E-state index is 12.5. The summed E-state index contributed by atoms with van der Waals surface area (Å²) in [5.41, 5.74) is 1.16. The van der Waals surface area contributed by atoms with Gasteiger partial charge >= 0.3 is 6.18 Å². The Morgan fingerprint density at radius 1 is 1.32 bits per heavy atom. The van der Waals surface area contributed by atoms with Crippen molar-refractivity contribution in [3.8, 4) is 0 Å². The molecule has 1 aliphatic rings. The summed E-state index contributed by atoms with van der Waals surface area (Å²) in [5, 5.41) is 6.55. The molecule has 0 bridgehead atoms. The molecule has 1 heterocycles. The fraction of sp³-hybridized carbons (Fsp3) is 0.611. The summed E-state index contributed by atoms with van der Waals surface area (Å²) in [4.78, 5) is 6.04. The fourth-order valence-electron chi connectivity index (χ4n) is 3.03. The van der Waals surface area contributed by atoms with Crippen LogP contribution in [0.5, 0.6) is 0 Å². The molecule has 2 atom stereocenters. The molecule has 1 saturated heterocycles. The van der Waals surface area contributed by atoms with E-state index in [1.807, 2.05) is 37.3 Å². The van der Waals surface area contributed by atoms with E-state index in [1.54, 1.807) is 0 Å². The lowest BCUT2D eigenvalue weighted by Crippen LogP contribution is -2.39. The van der Waals surface area contributed by atoms with Crippen LogP contribution in [0.25, 0.3) is 0 Å². The Morgan fingerprint density at radius 2 is 2.04 bits per heavy atom. The highest BCUT2D eigenvalue weighted by molar-refractivity contribution is 5.80. The molecule has 0 radical (unpaired) electrons. The lowest BCUT2D eigenvalue weighted by atomic mass is 10.1. The number of likely N-dealkylation sites (tertiary alicyclic amines) is 1. The van der Waals surface area contributed by atoms with Crippen molar-refractivity contribution in [1.82, 2.24) is 15.5 Å². The second-order valence-electron chi connectivity index (χ2n) is 6.50. The largest absolute Gasteiger partial charge is 0.401 e. The van der Waals surface area contributed by atoms with Crippen LogP contribution >= 0.6 is 0 Å². The SMILES string of the molecule is CCNC(=NCC1CCN(CC(F)(F)F)C1)NC(C)c1ccccc1. The summed E-state index contributed by atoms with van der Waals surface area (Å²) in [6.45, 7) is 5.44. The van der Waals surface area contributed by atoms with Crippen molar-refractivity contribution < 1.29 is 13.2 Å². The highest BCUT2D eigenvalue weighted by Gasteiger charge is 2.34. The molecule has 140 valence electrons. The van der Waals surface area contributed by atoms with E-state index in [0.717, 1.165) is 18.5 Å². The van der Waals surface area contributed by atoms with Crippen LogP contribution in [0.15, 0.2) is 35.3 Å². The van der Waals surface area contributed by atoms with Crippen molar-refractivity contribution in [2.24, 2.45) is 10.9 Å². The monoisotopic (exact) mass is 356 g/mol.